The molecule has 2 aromatic heterocycles. The first-order valence-corrected chi connectivity index (χ1v) is 13.1. The lowest BCUT2D eigenvalue weighted by Crippen LogP contribution is -2.30. The summed E-state index contributed by atoms with van der Waals surface area (Å²) in [5.74, 6) is 0.448. The summed E-state index contributed by atoms with van der Waals surface area (Å²) >= 11 is 6.02. The third-order valence-electron chi connectivity index (χ3n) is 7.22. The van der Waals surface area contributed by atoms with Crippen LogP contribution in [-0.2, 0) is 12.1 Å². The van der Waals surface area contributed by atoms with Crippen LogP contribution in [0.2, 0.25) is 5.02 Å². The first-order chi connectivity index (χ1) is 18.8. The van der Waals surface area contributed by atoms with Gasteiger partial charge in [-0.25, -0.2) is 14.4 Å². The molecule has 1 saturated carbocycles. The summed E-state index contributed by atoms with van der Waals surface area (Å²) in [5.41, 5.74) is 1.60. The van der Waals surface area contributed by atoms with Crippen LogP contribution in [-0.4, -0.2) is 39.6 Å². The van der Waals surface area contributed by atoms with Gasteiger partial charge in [-0.15, -0.1) is 0 Å². The van der Waals surface area contributed by atoms with E-state index in [9.17, 15) is 14.3 Å². The molecule has 9 heteroatoms. The van der Waals surface area contributed by atoms with Gasteiger partial charge in [0.25, 0.3) is 0 Å². The minimum atomic E-state index is -1.30. The molecule has 4 aromatic rings. The van der Waals surface area contributed by atoms with E-state index in [-0.39, 0.29) is 29.6 Å². The summed E-state index contributed by atoms with van der Waals surface area (Å²) in [7, 11) is 3.10. The minimum Gasteiger partial charge on any atom is -0.496 e. The van der Waals surface area contributed by atoms with Crippen molar-refractivity contribution < 1.29 is 23.8 Å². The first kappa shape index (κ1) is 26.8. The number of aliphatic hydroxyl groups is 1. The summed E-state index contributed by atoms with van der Waals surface area (Å²) in [6, 6.07) is 13.2. The van der Waals surface area contributed by atoms with E-state index < -0.39 is 11.4 Å². The lowest BCUT2D eigenvalue weighted by atomic mass is 9.86. The fourth-order valence-corrected chi connectivity index (χ4v) is 5.06. The van der Waals surface area contributed by atoms with Gasteiger partial charge in [0.2, 0.25) is 0 Å². The maximum atomic E-state index is 13.8. The van der Waals surface area contributed by atoms with Crippen LogP contribution >= 0.6 is 11.6 Å². The number of carbonyl (C=O) groups excluding carboxylic acids is 1. The van der Waals surface area contributed by atoms with E-state index in [0.717, 1.165) is 18.4 Å². The van der Waals surface area contributed by atoms with Crippen molar-refractivity contribution in [2.24, 2.45) is 5.92 Å². The number of methoxy groups -OCH3 is 2. The summed E-state index contributed by atoms with van der Waals surface area (Å²) in [6.45, 7) is 0.573. The molecule has 39 heavy (non-hydrogen) atoms. The monoisotopic (exact) mass is 549 g/mol. The average Bonchev–Trinajstić information content (AvgIpc) is 3.70. The number of halogens is 2. The topological polar surface area (TPSA) is 86.5 Å². The predicted molar refractivity (Wildman–Crippen MR) is 146 cm³/mol. The van der Waals surface area contributed by atoms with Crippen molar-refractivity contribution in [3.63, 3.8) is 0 Å². The zero-order chi connectivity index (χ0) is 27.6. The van der Waals surface area contributed by atoms with Crippen LogP contribution in [0, 0.1) is 11.7 Å². The van der Waals surface area contributed by atoms with E-state index in [0.29, 0.717) is 40.6 Å². The lowest BCUT2D eigenvalue weighted by molar-refractivity contribution is -0.00110. The van der Waals surface area contributed by atoms with Gasteiger partial charge in [-0.2, -0.15) is 0 Å². The standard InChI is InChI=1S/C30H29ClFN3O4/c1-38-26-9-10-28(34-29(26)20-5-8-24(32)23(31)15-20)30(37,22-6-7-22)12-11-25(36)19-3-4-21(27(16-19)39-2)17-35-14-13-33-18-35/h3-5,8-10,13-16,18,22,37H,6-7,11-12,17H2,1-2H3. The second kappa shape index (κ2) is 11.2. The fraction of sp³-hybridized carbons (Fsp3) is 0.300. The van der Waals surface area contributed by atoms with Crippen molar-refractivity contribution in [1.29, 1.82) is 0 Å². The van der Waals surface area contributed by atoms with Gasteiger partial charge in [0.15, 0.2) is 5.78 Å². The van der Waals surface area contributed by atoms with E-state index in [1.54, 1.807) is 50.0 Å². The zero-order valence-corrected chi connectivity index (χ0v) is 22.5. The van der Waals surface area contributed by atoms with Gasteiger partial charge in [-0.1, -0.05) is 23.7 Å². The number of nitrogens with zero attached hydrogens (tertiary/aromatic N) is 3. The molecular formula is C30H29ClFN3O4. The van der Waals surface area contributed by atoms with E-state index >= 15 is 0 Å². The zero-order valence-electron chi connectivity index (χ0n) is 21.7. The number of carbonyl (C=O) groups is 1. The molecule has 2 aromatic carbocycles. The number of ketones is 1. The smallest absolute Gasteiger partial charge is 0.163 e. The highest BCUT2D eigenvalue weighted by Gasteiger charge is 2.46. The molecule has 202 valence electrons. The van der Waals surface area contributed by atoms with Crippen LogP contribution in [0.1, 0.15) is 47.3 Å². The molecule has 1 aliphatic carbocycles. The van der Waals surface area contributed by atoms with E-state index in [4.69, 9.17) is 26.1 Å². The number of pyridine rings is 1. The number of benzene rings is 2. The molecule has 1 fully saturated rings. The Labute approximate surface area is 231 Å². The number of hydrogen-bond acceptors (Lipinski definition) is 6. The highest BCUT2D eigenvalue weighted by Crippen LogP contribution is 2.49. The van der Waals surface area contributed by atoms with Crippen LogP contribution in [0.4, 0.5) is 4.39 Å². The van der Waals surface area contributed by atoms with Crippen LogP contribution in [0.5, 0.6) is 11.5 Å². The second-order valence-electron chi connectivity index (χ2n) is 9.76. The van der Waals surface area contributed by atoms with E-state index in [1.165, 1.54) is 19.2 Å². The summed E-state index contributed by atoms with van der Waals surface area (Å²) in [6.07, 6.45) is 7.31. The van der Waals surface area contributed by atoms with Gasteiger partial charge in [0, 0.05) is 35.5 Å². The van der Waals surface area contributed by atoms with Gasteiger partial charge < -0.3 is 19.1 Å². The van der Waals surface area contributed by atoms with Crippen LogP contribution < -0.4 is 9.47 Å². The molecule has 1 atom stereocenters. The maximum absolute atomic E-state index is 13.8. The summed E-state index contributed by atoms with van der Waals surface area (Å²) in [5, 5.41) is 11.8. The van der Waals surface area contributed by atoms with Gasteiger partial charge in [0.05, 0.1) is 37.8 Å². The number of hydrogen-bond donors (Lipinski definition) is 1. The molecule has 0 aliphatic heterocycles. The van der Waals surface area contributed by atoms with Gasteiger partial charge in [0.1, 0.15) is 28.6 Å². The van der Waals surface area contributed by atoms with E-state index in [2.05, 4.69) is 4.98 Å². The normalized spacial score (nSPS) is 14.6. The Bertz CT molecular complexity index is 1490. The minimum absolute atomic E-state index is 0.0112. The van der Waals surface area contributed by atoms with Crippen molar-refractivity contribution in [2.75, 3.05) is 14.2 Å². The Morgan fingerprint density at radius 1 is 1.13 bits per heavy atom. The molecule has 5 rings (SSSR count). The Hall–Kier alpha value is -3.75. The number of ether oxygens (including phenoxy) is 2. The Morgan fingerprint density at radius 2 is 1.92 bits per heavy atom. The highest BCUT2D eigenvalue weighted by molar-refractivity contribution is 6.31. The van der Waals surface area contributed by atoms with Gasteiger partial charge >= 0.3 is 0 Å². The van der Waals surface area contributed by atoms with Gasteiger partial charge in [-0.3, -0.25) is 4.79 Å². The Kier molecular flexibility index (Phi) is 7.68. The number of Topliss-reactive ketones (excluding diaryl/α,β-unsaturated/α-hetero) is 1. The molecule has 0 saturated heterocycles. The van der Waals surface area contributed by atoms with Crippen LogP contribution in [0.15, 0.2) is 67.3 Å². The number of aromatic nitrogens is 3. The van der Waals surface area contributed by atoms with Crippen molar-refractivity contribution in [1.82, 2.24) is 14.5 Å². The molecule has 0 radical (unpaired) electrons. The predicted octanol–water partition coefficient (Wildman–Crippen LogP) is 6.06. The summed E-state index contributed by atoms with van der Waals surface area (Å²) < 4.78 is 26.7. The maximum Gasteiger partial charge on any atom is 0.163 e. The second-order valence-corrected chi connectivity index (χ2v) is 10.2. The number of imidazole rings is 1. The highest BCUT2D eigenvalue weighted by atomic mass is 35.5. The van der Waals surface area contributed by atoms with Crippen molar-refractivity contribution >= 4 is 17.4 Å². The lowest BCUT2D eigenvalue weighted by Gasteiger charge is -2.28. The first-order valence-electron chi connectivity index (χ1n) is 12.7. The van der Waals surface area contributed by atoms with Crippen molar-refractivity contribution in [3.05, 3.63) is 94.9 Å². The molecule has 1 aliphatic rings. The molecule has 2 heterocycles. The van der Waals surface area contributed by atoms with E-state index in [1.807, 2.05) is 16.8 Å². The SMILES string of the molecule is COc1cc(C(=O)CCC(O)(c2ccc(OC)c(-c3ccc(F)c(Cl)c3)n2)C2CC2)ccc1Cn1ccnc1. The quantitative estimate of drug-likeness (QED) is 0.229. The van der Waals surface area contributed by atoms with Crippen LogP contribution in [0.25, 0.3) is 11.3 Å². The largest absolute Gasteiger partial charge is 0.496 e. The fourth-order valence-electron chi connectivity index (χ4n) is 4.88. The Balaban J connectivity index is 1.38. The molecule has 0 bridgehead atoms. The molecular weight excluding hydrogens is 521 g/mol. The average molecular weight is 550 g/mol. The Morgan fingerprint density at radius 3 is 2.59 bits per heavy atom. The third-order valence-corrected chi connectivity index (χ3v) is 7.51. The van der Waals surface area contributed by atoms with Crippen molar-refractivity contribution in [2.45, 2.75) is 37.8 Å². The van der Waals surface area contributed by atoms with Crippen LogP contribution in [0.3, 0.4) is 0 Å². The van der Waals surface area contributed by atoms with Crippen molar-refractivity contribution in [3.8, 4) is 22.8 Å². The molecule has 0 spiro atoms. The summed E-state index contributed by atoms with van der Waals surface area (Å²) in [4.78, 5) is 22.1. The third kappa shape index (κ3) is 5.67. The number of rotatable bonds is 11. The molecule has 7 nitrogen and oxygen atoms in total. The molecule has 1 N–H and O–H groups in total. The molecule has 0 amide bonds. The van der Waals surface area contributed by atoms with Gasteiger partial charge in [-0.05, 0) is 61.6 Å². The molecule has 1 unspecified atom stereocenters.